The van der Waals surface area contributed by atoms with Crippen molar-refractivity contribution in [1.82, 2.24) is 0 Å². The average molecular weight is 271 g/mol. The lowest BCUT2D eigenvalue weighted by Gasteiger charge is -2.14. The Balaban J connectivity index is 2.17. The Labute approximate surface area is 118 Å². The van der Waals surface area contributed by atoms with Crippen molar-refractivity contribution in [3.8, 4) is 0 Å². The predicted molar refractivity (Wildman–Crippen MR) is 81.2 cm³/mol. The molecule has 0 aromatic heterocycles. The summed E-state index contributed by atoms with van der Waals surface area (Å²) in [6, 6.07) is 15.1. The normalized spacial score (nSPS) is 10.1. The molecule has 0 heterocycles. The van der Waals surface area contributed by atoms with Crippen LogP contribution in [0.15, 0.2) is 48.5 Å². The SMILES string of the molecule is CN(C)c1ccc(CNc2ccccc2)cc1[N+](=O)[O-]. The van der Waals surface area contributed by atoms with E-state index in [1.165, 1.54) is 0 Å². The van der Waals surface area contributed by atoms with Crippen molar-refractivity contribution < 1.29 is 4.92 Å². The topological polar surface area (TPSA) is 58.4 Å². The largest absolute Gasteiger partial charge is 0.381 e. The molecule has 5 heteroatoms. The Morgan fingerprint density at radius 2 is 1.85 bits per heavy atom. The summed E-state index contributed by atoms with van der Waals surface area (Å²) < 4.78 is 0. The van der Waals surface area contributed by atoms with E-state index >= 15 is 0 Å². The smallest absolute Gasteiger partial charge is 0.292 e. The molecule has 20 heavy (non-hydrogen) atoms. The molecular weight excluding hydrogens is 254 g/mol. The molecule has 0 saturated heterocycles. The molecule has 0 aliphatic carbocycles. The summed E-state index contributed by atoms with van der Waals surface area (Å²) in [5.41, 5.74) is 2.61. The molecule has 0 aliphatic heterocycles. The second kappa shape index (κ2) is 6.06. The fraction of sp³-hybridized carbons (Fsp3) is 0.200. The fourth-order valence-electron chi connectivity index (χ4n) is 1.96. The van der Waals surface area contributed by atoms with Crippen LogP contribution in [0.1, 0.15) is 5.56 Å². The predicted octanol–water partition coefficient (Wildman–Crippen LogP) is 3.27. The van der Waals surface area contributed by atoms with Crippen molar-refractivity contribution in [1.29, 1.82) is 0 Å². The first-order chi connectivity index (χ1) is 9.58. The number of benzene rings is 2. The summed E-state index contributed by atoms with van der Waals surface area (Å²) >= 11 is 0. The molecule has 0 atom stereocenters. The van der Waals surface area contributed by atoms with Crippen molar-refractivity contribution in [2.75, 3.05) is 24.3 Å². The van der Waals surface area contributed by atoms with Gasteiger partial charge in [-0.3, -0.25) is 10.1 Å². The van der Waals surface area contributed by atoms with Crippen molar-refractivity contribution in [2.45, 2.75) is 6.54 Å². The summed E-state index contributed by atoms with van der Waals surface area (Å²) in [6.45, 7) is 0.554. The van der Waals surface area contributed by atoms with Crippen molar-refractivity contribution in [2.24, 2.45) is 0 Å². The van der Waals surface area contributed by atoms with Crippen LogP contribution >= 0.6 is 0 Å². The van der Waals surface area contributed by atoms with E-state index < -0.39 is 0 Å². The number of nitrogens with one attached hydrogen (secondary N) is 1. The minimum atomic E-state index is -0.346. The van der Waals surface area contributed by atoms with Gasteiger partial charge < -0.3 is 10.2 Å². The summed E-state index contributed by atoms with van der Waals surface area (Å²) in [5.74, 6) is 0. The molecule has 2 rings (SSSR count). The molecule has 5 nitrogen and oxygen atoms in total. The fourth-order valence-corrected chi connectivity index (χ4v) is 1.96. The average Bonchev–Trinajstić information content (AvgIpc) is 2.45. The number of hydrogen-bond acceptors (Lipinski definition) is 4. The number of nitrogens with zero attached hydrogens (tertiary/aromatic N) is 2. The number of para-hydroxylation sites is 1. The Morgan fingerprint density at radius 1 is 1.15 bits per heavy atom. The van der Waals surface area contributed by atoms with Gasteiger partial charge in [0.15, 0.2) is 0 Å². The van der Waals surface area contributed by atoms with E-state index in [-0.39, 0.29) is 10.6 Å². The second-order valence-corrected chi connectivity index (χ2v) is 4.69. The molecule has 0 aliphatic rings. The number of rotatable bonds is 5. The zero-order valence-corrected chi connectivity index (χ0v) is 11.5. The minimum absolute atomic E-state index is 0.127. The van der Waals surface area contributed by atoms with Crippen molar-refractivity contribution in [3.05, 3.63) is 64.2 Å². The third kappa shape index (κ3) is 3.26. The third-order valence-electron chi connectivity index (χ3n) is 2.99. The van der Waals surface area contributed by atoms with Crippen molar-refractivity contribution >= 4 is 17.1 Å². The first-order valence-electron chi connectivity index (χ1n) is 6.31. The summed E-state index contributed by atoms with van der Waals surface area (Å²) in [4.78, 5) is 12.5. The van der Waals surface area contributed by atoms with Crippen LogP contribution < -0.4 is 10.2 Å². The van der Waals surface area contributed by atoms with Gasteiger partial charge in [-0.05, 0) is 23.8 Å². The van der Waals surface area contributed by atoms with Gasteiger partial charge in [0, 0.05) is 32.4 Å². The summed E-state index contributed by atoms with van der Waals surface area (Å²) in [7, 11) is 3.59. The Bertz CT molecular complexity index is 597. The van der Waals surface area contributed by atoms with E-state index in [1.807, 2.05) is 36.4 Å². The minimum Gasteiger partial charge on any atom is -0.381 e. The van der Waals surface area contributed by atoms with Crippen LogP contribution in [0.25, 0.3) is 0 Å². The van der Waals surface area contributed by atoms with Gasteiger partial charge in [0.1, 0.15) is 5.69 Å². The highest BCUT2D eigenvalue weighted by Crippen LogP contribution is 2.27. The van der Waals surface area contributed by atoms with E-state index in [2.05, 4.69) is 5.32 Å². The Kier molecular flexibility index (Phi) is 4.20. The molecule has 0 bridgehead atoms. The lowest BCUT2D eigenvalue weighted by molar-refractivity contribution is -0.384. The molecular formula is C15H17N3O2. The van der Waals surface area contributed by atoms with E-state index in [0.717, 1.165) is 11.3 Å². The summed E-state index contributed by atoms with van der Waals surface area (Å²) in [5, 5.41) is 14.4. The molecule has 0 fully saturated rings. The molecule has 0 radical (unpaired) electrons. The first kappa shape index (κ1) is 13.9. The van der Waals surface area contributed by atoms with Crippen LogP contribution in [0.4, 0.5) is 17.1 Å². The third-order valence-corrected chi connectivity index (χ3v) is 2.99. The lowest BCUT2D eigenvalue weighted by atomic mass is 10.1. The van der Waals surface area contributed by atoms with Gasteiger partial charge in [-0.15, -0.1) is 0 Å². The monoisotopic (exact) mass is 271 g/mol. The van der Waals surface area contributed by atoms with Crippen LogP contribution in [0.2, 0.25) is 0 Å². The zero-order valence-electron chi connectivity index (χ0n) is 11.5. The molecule has 2 aromatic carbocycles. The van der Waals surface area contributed by atoms with Crippen LogP contribution in [0, 0.1) is 10.1 Å². The number of anilines is 2. The molecule has 0 saturated carbocycles. The molecule has 1 N–H and O–H groups in total. The van der Waals surface area contributed by atoms with Gasteiger partial charge in [0.2, 0.25) is 0 Å². The van der Waals surface area contributed by atoms with Crippen LogP contribution in [-0.4, -0.2) is 19.0 Å². The molecule has 0 spiro atoms. The van der Waals surface area contributed by atoms with Gasteiger partial charge in [0.25, 0.3) is 5.69 Å². The number of nitro groups is 1. The first-order valence-corrected chi connectivity index (χ1v) is 6.31. The molecule has 0 amide bonds. The van der Waals surface area contributed by atoms with Gasteiger partial charge in [0.05, 0.1) is 4.92 Å². The molecule has 0 unspecified atom stereocenters. The maximum absolute atomic E-state index is 11.1. The number of hydrogen-bond donors (Lipinski definition) is 1. The maximum Gasteiger partial charge on any atom is 0.292 e. The van der Waals surface area contributed by atoms with Gasteiger partial charge >= 0.3 is 0 Å². The highest BCUT2D eigenvalue weighted by atomic mass is 16.6. The van der Waals surface area contributed by atoms with Gasteiger partial charge in [-0.25, -0.2) is 0 Å². The highest BCUT2D eigenvalue weighted by molar-refractivity contribution is 5.63. The van der Waals surface area contributed by atoms with Gasteiger partial charge in [-0.2, -0.15) is 0 Å². The molecule has 2 aromatic rings. The van der Waals surface area contributed by atoms with Crippen LogP contribution in [-0.2, 0) is 6.54 Å². The summed E-state index contributed by atoms with van der Waals surface area (Å²) in [6.07, 6.45) is 0. The molecule has 104 valence electrons. The zero-order chi connectivity index (χ0) is 14.5. The number of nitro benzene ring substituents is 1. The van der Waals surface area contributed by atoms with E-state index in [0.29, 0.717) is 12.2 Å². The second-order valence-electron chi connectivity index (χ2n) is 4.69. The lowest BCUT2D eigenvalue weighted by Crippen LogP contribution is -2.11. The van der Waals surface area contributed by atoms with Crippen LogP contribution in [0.3, 0.4) is 0 Å². The maximum atomic E-state index is 11.1. The Morgan fingerprint density at radius 3 is 2.45 bits per heavy atom. The highest BCUT2D eigenvalue weighted by Gasteiger charge is 2.15. The van der Waals surface area contributed by atoms with Crippen LogP contribution in [0.5, 0.6) is 0 Å². The van der Waals surface area contributed by atoms with E-state index in [4.69, 9.17) is 0 Å². The standard InChI is InChI=1S/C15H17N3O2/c1-17(2)14-9-8-12(10-15(14)18(19)20)11-16-13-6-4-3-5-7-13/h3-10,16H,11H2,1-2H3. The Hall–Kier alpha value is -2.56. The van der Waals surface area contributed by atoms with Crippen molar-refractivity contribution in [3.63, 3.8) is 0 Å². The van der Waals surface area contributed by atoms with E-state index in [1.54, 1.807) is 31.1 Å². The quantitative estimate of drug-likeness (QED) is 0.669. The van der Waals surface area contributed by atoms with E-state index in [9.17, 15) is 10.1 Å². The van der Waals surface area contributed by atoms with Gasteiger partial charge in [-0.1, -0.05) is 24.3 Å².